The average molecular weight is 284 g/mol. The van der Waals surface area contributed by atoms with E-state index in [-0.39, 0.29) is 12.5 Å². The number of hydrogen-bond donors (Lipinski definition) is 1. The first-order valence-corrected chi connectivity index (χ1v) is 7.90. The fourth-order valence-electron chi connectivity index (χ4n) is 1.90. The number of sulfonamides is 1. The van der Waals surface area contributed by atoms with Gasteiger partial charge < -0.3 is 4.90 Å². The summed E-state index contributed by atoms with van der Waals surface area (Å²) in [6, 6.07) is 5.81. The summed E-state index contributed by atoms with van der Waals surface area (Å²) in [6.45, 7) is 5.90. The van der Waals surface area contributed by atoms with E-state index in [1.165, 1.54) is 6.92 Å². The molecule has 0 atom stereocenters. The van der Waals surface area contributed by atoms with E-state index >= 15 is 0 Å². The van der Waals surface area contributed by atoms with Crippen molar-refractivity contribution in [2.45, 2.75) is 20.8 Å². The van der Waals surface area contributed by atoms with Crippen LogP contribution in [-0.2, 0) is 14.8 Å². The Morgan fingerprint density at radius 3 is 2.42 bits per heavy atom. The monoisotopic (exact) mass is 284 g/mol. The number of carbonyl (C=O) groups is 1. The molecule has 0 aliphatic heterocycles. The van der Waals surface area contributed by atoms with Crippen LogP contribution >= 0.6 is 0 Å². The van der Waals surface area contributed by atoms with E-state index in [9.17, 15) is 13.2 Å². The molecule has 106 valence electrons. The van der Waals surface area contributed by atoms with Gasteiger partial charge >= 0.3 is 0 Å². The molecule has 1 rings (SSSR count). The molecule has 1 aromatic rings. The van der Waals surface area contributed by atoms with E-state index < -0.39 is 10.0 Å². The maximum absolute atomic E-state index is 11.7. The first kappa shape index (κ1) is 15.7. The third-order valence-corrected chi connectivity index (χ3v) is 3.45. The highest BCUT2D eigenvalue weighted by atomic mass is 32.2. The van der Waals surface area contributed by atoms with E-state index in [0.717, 1.165) is 23.1 Å². The van der Waals surface area contributed by atoms with Gasteiger partial charge in [-0.3, -0.25) is 4.79 Å². The highest BCUT2D eigenvalue weighted by Crippen LogP contribution is 2.21. The summed E-state index contributed by atoms with van der Waals surface area (Å²) in [5.41, 5.74) is 2.93. The highest BCUT2D eigenvalue weighted by Gasteiger charge is 2.14. The van der Waals surface area contributed by atoms with Crippen LogP contribution in [0.15, 0.2) is 18.2 Å². The molecule has 0 heterocycles. The van der Waals surface area contributed by atoms with Gasteiger partial charge in [-0.2, -0.15) is 0 Å². The van der Waals surface area contributed by atoms with Gasteiger partial charge in [0.05, 0.1) is 6.26 Å². The number of rotatable bonds is 5. The summed E-state index contributed by atoms with van der Waals surface area (Å²) < 4.78 is 24.4. The molecule has 0 bridgehead atoms. The molecule has 0 aliphatic carbocycles. The minimum atomic E-state index is -3.23. The first-order chi connectivity index (χ1) is 8.70. The highest BCUT2D eigenvalue weighted by molar-refractivity contribution is 7.88. The molecule has 1 aromatic carbocycles. The number of nitrogens with one attached hydrogen (secondary N) is 1. The lowest BCUT2D eigenvalue weighted by molar-refractivity contribution is -0.116. The number of amides is 1. The van der Waals surface area contributed by atoms with Crippen LogP contribution in [0, 0.1) is 13.8 Å². The zero-order valence-electron chi connectivity index (χ0n) is 11.7. The molecule has 0 aromatic heterocycles. The first-order valence-electron chi connectivity index (χ1n) is 6.00. The summed E-state index contributed by atoms with van der Waals surface area (Å²) in [4.78, 5) is 13.3. The quantitative estimate of drug-likeness (QED) is 0.883. The molecule has 0 aliphatic rings. The Morgan fingerprint density at radius 2 is 1.95 bits per heavy atom. The Hall–Kier alpha value is -1.40. The minimum Gasteiger partial charge on any atom is -0.311 e. The number of benzene rings is 1. The SMILES string of the molecule is CC(=O)N(CCNS(C)(=O)=O)c1ccc(C)cc1C. The summed E-state index contributed by atoms with van der Waals surface area (Å²) in [5, 5.41) is 0. The van der Waals surface area contributed by atoms with Gasteiger partial charge in [-0.15, -0.1) is 0 Å². The zero-order valence-corrected chi connectivity index (χ0v) is 12.5. The van der Waals surface area contributed by atoms with Crippen LogP contribution in [0.5, 0.6) is 0 Å². The number of carbonyl (C=O) groups excluding carboxylic acids is 1. The molecule has 19 heavy (non-hydrogen) atoms. The van der Waals surface area contributed by atoms with Crippen LogP contribution < -0.4 is 9.62 Å². The average Bonchev–Trinajstić information content (AvgIpc) is 2.24. The largest absolute Gasteiger partial charge is 0.311 e. The predicted molar refractivity (Wildman–Crippen MR) is 76.8 cm³/mol. The molecular weight excluding hydrogens is 264 g/mol. The third-order valence-electron chi connectivity index (χ3n) is 2.72. The minimum absolute atomic E-state index is 0.109. The van der Waals surface area contributed by atoms with Crippen molar-refractivity contribution in [3.05, 3.63) is 29.3 Å². The molecule has 5 nitrogen and oxygen atoms in total. The Bertz CT molecular complexity index is 567. The summed E-state index contributed by atoms with van der Waals surface area (Å²) in [7, 11) is -3.23. The molecule has 1 amide bonds. The van der Waals surface area contributed by atoms with Crippen molar-refractivity contribution in [1.82, 2.24) is 4.72 Å². The molecular formula is C13H20N2O3S. The van der Waals surface area contributed by atoms with Crippen LogP contribution in [0.2, 0.25) is 0 Å². The van der Waals surface area contributed by atoms with Crippen LogP contribution in [-0.4, -0.2) is 33.7 Å². The van der Waals surface area contributed by atoms with E-state index in [2.05, 4.69) is 4.72 Å². The lowest BCUT2D eigenvalue weighted by atomic mass is 10.1. The lowest BCUT2D eigenvalue weighted by Crippen LogP contribution is -2.37. The molecule has 0 unspecified atom stereocenters. The Kier molecular flexibility index (Phi) is 5.08. The van der Waals surface area contributed by atoms with Gasteiger partial charge in [-0.05, 0) is 25.5 Å². The molecule has 0 spiro atoms. The van der Waals surface area contributed by atoms with Crippen molar-refractivity contribution in [3.63, 3.8) is 0 Å². The Morgan fingerprint density at radius 1 is 1.32 bits per heavy atom. The molecule has 0 saturated heterocycles. The maximum Gasteiger partial charge on any atom is 0.223 e. The summed E-state index contributed by atoms with van der Waals surface area (Å²) >= 11 is 0. The van der Waals surface area contributed by atoms with Gasteiger partial charge in [0.25, 0.3) is 0 Å². The van der Waals surface area contributed by atoms with Gasteiger partial charge in [-0.1, -0.05) is 17.7 Å². The molecule has 6 heteroatoms. The fraction of sp³-hybridized carbons (Fsp3) is 0.462. The van der Waals surface area contributed by atoms with Crippen LogP contribution in [0.3, 0.4) is 0 Å². The van der Waals surface area contributed by atoms with Gasteiger partial charge in [0.2, 0.25) is 15.9 Å². The molecule has 0 radical (unpaired) electrons. The maximum atomic E-state index is 11.7. The topological polar surface area (TPSA) is 66.5 Å². The number of nitrogens with zero attached hydrogens (tertiary/aromatic N) is 1. The van der Waals surface area contributed by atoms with Gasteiger partial charge in [-0.25, -0.2) is 13.1 Å². The van der Waals surface area contributed by atoms with E-state index in [1.807, 2.05) is 32.0 Å². The van der Waals surface area contributed by atoms with Crippen molar-refractivity contribution >= 4 is 21.6 Å². The Labute approximate surface area is 114 Å². The summed E-state index contributed by atoms with van der Waals surface area (Å²) in [5.74, 6) is -0.109. The summed E-state index contributed by atoms with van der Waals surface area (Å²) in [6.07, 6.45) is 1.10. The van der Waals surface area contributed by atoms with E-state index in [4.69, 9.17) is 0 Å². The number of aryl methyl sites for hydroxylation is 2. The van der Waals surface area contributed by atoms with Crippen molar-refractivity contribution in [2.24, 2.45) is 0 Å². The fourth-order valence-corrected chi connectivity index (χ4v) is 2.36. The molecule has 0 fully saturated rings. The zero-order chi connectivity index (χ0) is 14.6. The van der Waals surface area contributed by atoms with Crippen LogP contribution in [0.4, 0.5) is 5.69 Å². The predicted octanol–water partition coefficient (Wildman–Crippen LogP) is 1.21. The van der Waals surface area contributed by atoms with Gasteiger partial charge in [0.1, 0.15) is 0 Å². The van der Waals surface area contributed by atoms with Crippen LogP contribution in [0.1, 0.15) is 18.1 Å². The van der Waals surface area contributed by atoms with Crippen molar-refractivity contribution in [3.8, 4) is 0 Å². The second-order valence-corrected chi connectivity index (χ2v) is 6.46. The lowest BCUT2D eigenvalue weighted by Gasteiger charge is -2.23. The second kappa shape index (κ2) is 6.16. The van der Waals surface area contributed by atoms with Crippen molar-refractivity contribution in [1.29, 1.82) is 0 Å². The van der Waals surface area contributed by atoms with Crippen molar-refractivity contribution < 1.29 is 13.2 Å². The van der Waals surface area contributed by atoms with Crippen molar-refractivity contribution in [2.75, 3.05) is 24.2 Å². The van der Waals surface area contributed by atoms with Gasteiger partial charge in [0.15, 0.2) is 0 Å². The smallest absolute Gasteiger partial charge is 0.223 e. The standard InChI is InChI=1S/C13H20N2O3S/c1-10-5-6-13(11(2)9-10)15(12(3)16)8-7-14-19(4,17)18/h5-6,9,14H,7-8H2,1-4H3. The van der Waals surface area contributed by atoms with Crippen LogP contribution in [0.25, 0.3) is 0 Å². The number of anilines is 1. The normalized spacial score (nSPS) is 11.4. The van der Waals surface area contributed by atoms with E-state index in [1.54, 1.807) is 4.90 Å². The Balaban J connectivity index is 2.86. The molecule has 0 saturated carbocycles. The van der Waals surface area contributed by atoms with Gasteiger partial charge in [0, 0.05) is 25.7 Å². The second-order valence-electron chi connectivity index (χ2n) is 4.63. The third kappa shape index (κ3) is 5.00. The van der Waals surface area contributed by atoms with E-state index in [0.29, 0.717) is 6.54 Å². The molecule has 1 N–H and O–H groups in total. The number of hydrogen-bond acceptors (Lipinski definition) is 3.